The van der Waals surface area contributed by atoms with Crippen LogP contribution in [0.4, 0.5) is 4.79 Å². The molecule has 0 spiro atoms. The van der Waals surface area contributed by atoms with Crippen molar-refractivity contribution in [3.05, 3.63) is 70.2 Å². The van der Waals surface area contributed by atoms with Crippen LogP contribution in [0.1, 0.15) is 60.1 Å². The Labute approximate surface area is 193 Å². The zero-order valence-corrected chi connectivity index (χ0v) is 18.9. The number of nitrogens with two attached hydrogens (primary N) is 1. The molecule has 32 heavy (non-hydrogen) atoms. The normalized spacial score (nSPS) is 16.8. The number of rotatable bonds is 7. The van der Waals surface area contributed by atoms with Crippen LogP contribution >= 0.6 is 11.6 Å². The Morgan fingerprint density at radius 1 is 1.12 bits per heavy atom. The lowest BCUT2D eigenvalue weighted by molar-refractivity contribution is -0.121. The van der Waals surface area contributed by atoms with Gasteiger partial charge in [0.05, 0.1) is 12.5 Å². The molecule has 2 atom stereocenters. The van der Waals surface area contributed by atoms with E-state index < -0.39 is 12.1 Å². The Hall–Kier alpha value is -3.06. The lowest BCUT2D eigenvalue weighted by Crippen LogP contribution is -2.42. The number of primary amides is 1. The number of urea groups is 1. The first-order valence-corrected chi connectivity index (χ1v) is 11.2. The van der Waals surface area contributed by atoms with Gasteiger partial charge in [0.25, 0.3) is 5.91 Å². The second-order valence-electron chi connectivity index (χ2n) is 8.10. The zero-order chi connectivity index (χ0) is 23.1. The van der Waals surface area contributed by atoms with Gasteiger partial charge in [0.15, 0.2) is 0 Å². The SMILES string of the molecule is C[C@@H]1CCCCN1C(=O)c1ccc(CNC(=O)C[C@@H](NC(N)=O)c2ccccc2Cl)cc1. The summed E-state index contributed by atoms with van der Waals surface area (Å²) in [6.45, 7) is 3.19. The van der Waals surface area contributed by atoms with Crippen LogP contribution in [-0.2, 0) is 11.3 Å². The number of piperidine rings is 1. The maximum absolute atomic E-state index is 12.8. The molecule has 8 heteroatoms. The number of hydrogen-bond donors (Lipinski definition) is 3. The third-order valence-electron chi connectivity index (χ3n) is 5.74. The van der Waals surface area contributed by atoms with E-state index in [4.69, 9.17) is 17.3 Å². The predicted octanol–water partition coefficient (Wildman–Crippen LogP) is 3.77. The molecule has 0 saturated carbocycles. The van der Waals surface area contributed by atoms with E-state index >= 15 is 0 Å². The van der Waals surface area contributed by atoms with Crippen LogP contribution in [0.2, 0.25) is 5.02 Å². The number of likely N-dealkylation sites (tertiary alicyclic amines) is 1. The van der Waals surface area contributed by atoms with Gasteiger partial charge in [-0.05, 0) is 55.5 Å². The third-order valence-corrected chi connectivity index (χ3v) is 6.09. The Balaban J connectivity index is 1.57. The summed E-state index contributed by atoms with van der Waals surface area (Å²) in [5, 5.41) is 5.86. The quantitative estimate of drug-likeness (QED) is 0.590. The molecule has 1 aliphatic heterocycles. The molecular weight excluding hydrogens is 428 g/mol. The molecule has 2 aromatic carbocycles. The number of carbonyl (C=O) groups is 3. The summed E-state index contributed by atoms with van der Waals surface area (Å²) in [6.07, 6.45) is 3.24. The van der Waals surface area contributed by atoms with Gasteiger partial charge in [-0.1, -0.05) is 41.9 Å². The standard InChI is InChI=1S/C24H29ClN4O3/c1-16-6-4-5-13-29(16)23(31)18-11-9-17(10-12-18)15-27-22(30)14-21(28-24(26)32)19-7-2-3-8-20(19)25/h2-3,7-12,16,21H,4-6,13-15H2,1H3,(H,27,30)(H3,26,28,32)/t16-,21-/m1/s1. The summed E-state index contributed by atoms with van der Waals surface area (Å²) < 4.78 is 0. The van der Waals surface area contributed by atoms with Gasteiger partial charge < -0.3 is 21.3 Å². The summed E-state index contributed by atoms with van der Waals surface area (Å²) in [7, 11) is 0. The van der Waals surface area contributed by atoms with E-state index in [2.05, 4.69) is 17.6 Å². The van der Waals surface area contributed by atoms with Gasteiger partial charge in [-0.15, -0.1) is 0 Å². The maximum Gasteiger partial charge on any atom is 0.312 e. The van der Waals surface area contributed by atoms with Crippen molar-refractivity contribution in [2.75, 3.05) is 6.54 Å². The van der Waals surface area contributed by atoms with E-state index in [0.717, 1.165) is 31.4 Å². The van der Waals surface area contributed by atoms with E-state index in [9.17, 15) is 14.4 Å². The van der Waals surface area contributed by atoms with Crippen molar-refractivity contribution in [1.29, 1.82) is 0 Å². The monoisotopic (exact) mass is 456 g/mol. The van der Waals surface area contributed by atoms with E-state index in [-0.39, 0.29) is 24.3 Å². The first kappa shape index (κ1) is 23.6. The van der Waals surface area contributed by atoms with E-state index in [1.807, 2.05) is 17.0 Å². The Bertz CT molecular complexity index is 964. The molecule has 3 rings (SSSR count). The van der Waals surface area contributed by atoms with E-state index in [1.165, 1.54) is 0 Å². The number of carbonyl (C=O) groups excluding carboxylic acids is 3. The van der Waals surface area contributed by atoms with Crippen LogP contribution in [0.3, 0.4) is 0 Å². The second kappa shape index (κ2) is 11.0. The fourth-order valence-electron chi connectivity index (χ4n) is 3.96. The lowest BCUT2D eigenvalue weighted by Gasteiger charge is -2.33. The summed E-state index contributed by atoms with van der Waals surface area (Å²) in [5.41, 5.74) is 7.41. The molecular formula is C24H29ClN4O3. The first-order valence-electron chi connectivity index (χ1n) is 10.8. The van der Waals surface area contributed by atoms with Crippen LogP contribution in [0.15, 0.2) is 48.5 Å². The zero-order valence-electron chi connectivity index (χ0n) is 18.1. The number of halogens is 1. The highest BCUT2D eigenvalue weighted by Crippen LogP contribution is 2.25. The van der Waals surface area contributed by atoms with Gasteiger partial charge in [0, 0.05) is 29.7 Å². The molecule has 0 aliphatic carbocycles. The number of nitrogens with zero attached hydrogens (tertiary/aromatic N) is 1. The fraction of sp³-hybridized carbons (Fsp3) is 0.375. The lowest BCUT2D eigenvalue weighted by atomic mass is 10.0. The molecule has 4 N–H and O–H groups in total. The van der Waals surface area contributed by atoms with Crippen molar-refractivity contribution < 1.29 is 14.4 Å². The number of hydrogen-bond acceptors (Lipinski definition) is 3. The van der Waals surface area contributed by atoms with E-state index in [1.54, 1.807) is 36.4 Å². The molecule has 1 aliphatic rings. The molecule has 0 aromatic heterocycles. The Morgan fingerprint density at radius 3 is 2.50 bits per heavy atom. The van der Waals surface area contributed by atoms with Gasteiger partial charge >= 0.3 is 6.03 Å². The largest absolute Gasteiger partial charge is 0.352 e. The fourth-order valence-corrected chi connectivity index (χ4v) is 4.22. The molecule has 2 aromatic rings. The summed E-state index contributed by atoms with van der Waals surface area (Å²) in [6, 6.07) is 13.2. The molecule has 1 saturated heterocycles. The Kier molecular flexibility index (Phi) is 8.11. The van der Waals surface area contributed by atoms with Gasteiger partial charge in [-0.25, -0.2) is 4.79 Å². The topological polar surface area (TPSA) is 105 Å². The van der Waals surface area contributed by atoms with Gasteiger partial charge in [0.2, 0.25) is 5.91 Å². The van der Waals surface area contributed by atoms with Crippen molar-refractivity contribution in [1.82, 2.24) is 15.5 Å². The van der Waals surface area contributed by atoms with E-state index in [0.29, 0.717) is 22.7 Å². The summed E-state index contributed by atoms with van der Waals surface area (Å²) in [4.78, 5) is 38.6. The maximum atomic E-state index is 12.8. The van der Waals surface area contributed by atoms with Crippen LogP contribution in [0.5, 0.6) is 0 Å². The first-order chi connectivity index (χ1) is 15.3. The average molecular weight is 457 g/mol. The van der Waals surface area contributed by atoms with Gasteiger partial charge in [-0.2, -0.15) is 0 Å². The van der Waals surface area contributed by atoms with Gasteiger partial charge in [0.1, 0.15) is 0 Å². The molecule has 0 unspecified atom stereocenters. The Morgan fingerprint density at radius 2 is 1.84 bits per heavy atom. The smallest absolute Gasteiger partial charge is 0.312 e. The van der Waals surface area contributed by atoms with Crippen LogP contribution in [-0.4, -0.2) is 35.3 Å². The van der Waals surface area contributed by atoms with Crippen molar-refractivity contribution in [3.63, 3.8) is 0 Å². The minimum absolute atomic E-state index is 0.00388. The van der Waals surface area contributed by atoms with Crippen molar-refractivity contribution >= 4 is 29.4 Å². The van der Waals surface area contributed by atoms with Gasteiger partial charge in [-0.3, -0.25) is 9.59 Å². The predicted molar refractivity (Wildman–Crippen MR) is 124 cm³/mol. The van der Waals surface area contributed by atoms with Crippen LogP contribution in [0, 0.1) is 0 Å². The molecule has 1 fully saturated rings. The highest BCUT2D eigenvalue weighted by Gasteiger charge is 2.24. The number of benzene rings is 2. The van der Waals surface area contributed by atoms with Crippen molar-refractivity contribution in [2.45, 2.75) is 51.2 Å². The van der Waals surface area contributed by atoms with Crippen LogP contribution in [0.25, 0.3) is 0 Å². The second-order valence-corrected chi connectivity index (χ2v) is 8.51. The molecule has 170 valence electrons. The minimum atomic E-state index is -0.731. The molecule has 0 radical (unpaired) electrons. The minimum Gasteiger partial charge on any atom is -0.352 e. The molecule has 7 nitrogen and oxygen atoms in total. The summed E-state index contributed by atoms with van der Waals surface area (Å²) >= 11 is 6.21. The average Bonchev–Trinajstić information content (AvgIpc) is 2.77. The highest BCUT2D eigenvalue weighted by atomic mass is 35.5. The van der Waals surface area contributed by atoms with Crippen LogP contribution < -0.4 is 16.4 Å². The van der Waals surface area contributed by atoms with Crippen molar-refractivity contribution in [3.8, 4) is 0 Å². The summed E-state index contributed by atoms with van der Waals surface area (Å²) in [5.74, 6) is -0.209. The number of amides is 4. The third kappa shape index (κ3) is 6.23. The molecule has 4 amide bonds. The highest BCUT2D eigenvalue weighted by molar-refractivity contribution is 6.31. The van der Waals surface area contributed by atoms with Crippen molar-refractivity contribution in [2.24, 2.45) is 5.73 Å². The molecule has 1 heterocycles. The number of nitrogens with one attached hydrogen (secondary N) is 2. The molecule has 0 bridgehead atoms.